The van der Waals surface area contributed by atoms with Crippen LogP contribution >= 0.6 is 0 Å². The van der Waals surface area contributed by atoms with Crippen molar-refractivity contribution in [2.45, 2.75) is 51.2 Å². The van der Waals surface area contributed by atoms with Gasteiger partial charge in [-0.3, -0.25) is 4.79 Å². The van der Waals surface area contributed by atoms with Gasteiger partial charge in [0.15, 0.2) is 0 Å². The third-order valence-electron chi connectivity index (χ3n) is 5.39. The minimum absolute atomic E-state index is 0.0402. The molecule has 2 N–H and O–H groups in total. The Morgan fingerprint density at radius 3 is 2.67 bits per heavy atom. The summed E-state index contributed by atoms with van der Waals surface area (Å²) in [6.45, 7) is 2.12. The Morgan fingerprint density at radius 1 is 1.29 bits per heavy atom. The molecule has 1 aromatic carbocycles. The molecule has 0 radical (unpaired) electrons. The smallest absolute Gasteiger partial charge is 0.223 e. The van der Waals surface area contributed by atoms with Crippen LogP contribution in [0.25, 0.3) is 0 Å². The number of carbonyl (C=O) groups excluding carboxylic acids is 1. The fourth-order valence-corrected chi connectivity index (χ4v) is 4.29. The highest BCUT2D eigenvalue weighted by Gasteiger charge is 2.42. The van der Waals surface area contributed by atoms with E-state index in [1.807, 2.05) is 30.3 Å². The highest BCUT2D eigenvalue weighted by molar-refractivity contribution is 5.77. The molecule has 0 aliphatic heterocycles. The van der Waals surface area contributed by atoms with Gasteiger partial charge in [-0.05, 0) is 49.5 Å². The lowest BCUT2D eigenvalue weighted by Crippen LogP contribution is -2.40. The molecule has 0 aromatic heterocycles. The average Bonchev–Trinajstić information content (AvgIpc) is 3.10. The molecule has 1 aromatic rings. The number of amides is 1. The predicted octanol–water partition coefficient (Wildman–Crippen LogP) is 3.05. The Labute approximate surface area is 126 Å². The van der Waals surface area contributed by atoms with E-state index in [0.29, 0.717) is 5.92 Å². The molecule has 0 saturated heterocycles. The summed E-state index contributed by atoms with van der Waals surface area (Å²) in [4.78, 5) is 12.1. The molecule has 3 rings (SSSR count). The molecule has 5 unspecified atom stereocenters. The second-order valence-corrected chi connectivity index (χ2v) is 6.83. The van der Waals surface area contributed by atoms with E-state index in [1.54, 1.807) is 0 Å². The van der Waals surface area contributed by atoms with E-state index in [0.717, 1.165) is 17.4 Å². The van der Waals surface area contributed by atoms with Gasteiger partial charge in [0.05, 0.1) is 12.5 Å². The largest absolute Gasteiger partial charge is 0.388 e. The van der Waals surface area contributed by atoms with Gasteiger partial charge in [0.25, 0.3) is 0 Å². The lowest BCUT2D eigenvalue weighted by molar-refractivity contribution is -0.124. The number of fused-ring (bicyclic) bond motifs is 2. The molecule has 2 bridgehead atoms. The van der Waals surface area contributed by atoms with Gasteiger partial charge < -0.3 is 10.4 Å². The van der Waals surface area contributed by atoms with Crippen LogP contribution in [-0.4, -0.2) is 17.1 Å². The topological polar surface area (TPSA) is 49.3 Å². The minimum Gasteiger partial charge on any atom is -0.388 e. The maximum Gasteiger partial charge on any atom is 0.223 e. The van der Waals surface area contributed by atoms with Crippen molar-refractivity contribution in [3.05, 3.63) is 35.9 Å². The number of aliphatic hydroxyl groups is 1. The molecule has 2 fully saturated rings. The number of hydrogen-bond acceptors (Lipinski definition) is 2. The molecule has 5 atom stereocenters. The van der Waals surface area contributed by atoms with Gasteiger partial charge in [-0.15, -0.1) is 0 Å². The Balaban J connectivity index is 1.50. The minimum atomic E-state index is -0.710. The standard InChI is InChI=1S/C18H25NO2/c1-12(16-10-13-7-8-15(16)9-13)19-18(21)11-17(20)14-5-3-2-4-6-14/h2-6,12-13,15-17,20H,7-11H2,1H3,(H,19,21). The van der Waals surface area contributed by atoms with Crippen molar-refractivity contribution in [2.75, 3.05) is 0 Å². The summed E-state index contributed by atoms with van der Waals surface area (Å²) in [6, 6.07) is 9.63. The summed E-state index contributed by atoms with van der Waals surface area (Å²) in [5.41, 5.74) is 0.806. The summed E-state index contributed by atoms with van der Waals surface area (Å²) in [6.07, 6.45) is 4.79. The number of hydrogen-bond donors (Lipinski definition) is 2. The third kappa shape index (κ3) is 3.29. The van der Waals surface area contributed by atoms with Gasteiger partial charge in [-0.2, -0.15) is 0 Å². The van der Waals surface area contributed by atoms with Crippen LogP contribution in [0.2, 0.25) is 0 Å². The van der Waals surface area contributed by atoms with Gasteiger partial charge in [0.1, 0.15) is 0 Å². The van der Waals surface area contributed by atoms with Gasteiger partial charge >= 0.3 is 0 Å². The van der Waals surface area contributed by atoms with Crippen LogP contribution in [0.4, 0.5) is 0 Å². The monoisotopic (exact) mass is 287 g/mol. The average molecular weight is 287 g/mol. The molecule has 0 spiro atoms. The summed E-state index contributed by atoms with van der Waals surface area (Å²) in [7, 11) is 0. The lowest BCUT2D eigenvalue weighted by Gasteiger charge is -2.28. The normalized spacial score (nSPS) is 30.1. The van der Waals surface area contributed by atoms with Gasteiger partial charge in [-0.25, -0.2) is 0 Å². The van der Waals surface area contributed by atoms with E-state index in [9.17, 15) is 9.90 Å². The second-order valence-electron chi connectivity index (χ2n) is 6.83. The Kier molecular flexibility index (Phi) is 4.29. The lowest BCUT2D eigenvalue weighted by atomic mass is 9.84. The Hall–Kier alpha value is -1.35. The summed E-state index contributed by atoms with van der Waals surface area (Å²) in [5, 5.41) is 13.2. The molecular weight excluding hydrogens is 262 g/mol. The van der Waals surface area contributed by atoms with Crippen molar-refractivity contribution < 1.29 is 9.90 Å². The van der Waals surface area contributed by atoms with Crippen LogP contribution < -0.4 is 5.32 Å². The molecule has 2 aliphatic carbocycles. The van der Waals surface area contributed by atoms with Crippen molar-refractivity contribution >= 4 is 5.91 Å². The van der Waals surface area contributed by atoms with Crippen LogP contribution in [0, 0.1) is 17.8 Å². The molecule has 1 amide bonds. The van der Waals surface area contributed by atoms with Crippen molar-refractivity contribution in [2.24, 2.45) is 17.8 Å². The van der Waals surface area contributed by atoms with E-state index in [4.69, 9.17) is 0 Å². The van der Waals surface area contributed by atoms with Crippen molar-refractivity contribution in [3.8, 4) is 0 Å². The van der Waals surface area contributed by atoms with Crippen LogP contribution in [-0.2, 0) is 4.79 Å². The highest BCUT2D eigenvalue weighted by Crippen LogP contribution is 2.49. The quantitative estimate of drug-likeness (QED) is 0.874. The van der Waals surface area contributed by atoms with Crippen LogP contribution in [0.3, 0.4) is 0 Å². The van der Waals surface area contributed by atoms with Crippen molar-refractivity contribution in [1.82, 2.24) is 5.32 Å². The first-order valence-electron chi connectivity index (χ1n) is 8.16. The third-order valence-corrected chi connectivity index (χ3v) is 5.39. The number of carbonyl (C=O) groups is 1. The van der Waals surface area contributed by atoms with Crippen LogP contribution in [0.5, 0.6) is 0 Å². The Bertz CT molecular complexity index is 487. The van der Waals surface area contributed by atoms with Crippen molar-refractivity contribution in [1.29, 1.82) is 0 Å². The molecule has 114 valence electrons. The van der Waals surface area contributed by atoms with Crippen LogP contribution in [0.1, 0.15) is 50.7 Å². The summed E-state index contributed by atoms with van der Waals surface area (Å²) in [5.74, 6) is 2.31. The van der Waals surface area contributed by atoms with Gasteiger partial charge in [0.2, 0.25) is 5.91 Å². The molecule has 3 nitrogen and oxygen atoms in total. The first-order chi connectivity index (χ1) is 10.1. The zero-order valence-electron chi connectivity index (χ0n) is 12.7. The fraction of sp³-hybridized carbons (Fsp3) is 0.611. The first-order valence-corrected chi connectivity index (χ1v) is 8.16. The number of aliphatic hydroxyl groups excluding tert-OH is 1. The number of benzene rings is 1. The van der Waals surface area contributed by atoms with E-state index < -0.39 is 6.10 Å². The second kappa shape index (κ2) is 6.18. The zero-order valence-corrected chi connectivity index (χ0v) is 12.7. The molecule has 21 heavy (non-hydrogen) atoms. The molecular formula is C18H25NO2. The zero-order chi connectivity index (χ0) is 14.8. The number of rotatable bonds is 5. The van der Waals surface area contributed by atoms with E-state index in [1.165, 1.54) is 25.7 Å². The Morgan fingerprint density at radius 2 is 2.05 bits per heavy atom. The van der Waals surface area contributed by atoms with Gasteiger partial charge in [0, 0.05) is 6.04 Å². The number of nitrogens with one attached hydrogen (secondary N) is 1. The molecule has 0 heterocycles. The van der Waals surface area contributed by atoms with E-state index >= 15 is 0 Å². The highest BCUT2D eigenvalue weighted by atomic mass is 16.3. The summed E-state index contributed by atoms with van der Waals surface area (Å²) >= 11 is 0. The van der Waals surface area contributed by atoms with E-state index in [2.05, 4.69) is 12.2 Å². The molecule has 3 heteroatoms. The fourth-order valence-electron chi connectivity index (χ4n) is 4.29. The first kappa shape index (κ1) is 14.6. The molecule has 2 saturated carbocycles. The molecule has 2 aliphatic rings. The van der Waals surface area contributed by atoms with Gasteiger partial charge in [-0.1, -0.05) is 36.8 Å². The maximum absolute atomic E-state index is 12.1. The predicted molar refractivity (Wildman–Crippen MR) is 82.6 cm³/mol. The maximum atomic E-state index is 12.1. The van der Waals surface area contributed by atoms with E-state index in [-0.39, 0.29) is 18.4 Å². The summed E-state index contributed by atoms with van der Waals surface area (Å²) < 4.78 is 0. The van der Waals surface area contributed by atoms with Crippen LogP contribution in [0.15, 0.2) is 30.3 Å². The van der Waals surface area contributed by atoms with Crippen molar-refractivity contribution in [3.63, 3.8) is 0 Å². The SMILES string of the molecule is CC(NC(=O)CC(O)c1ccccc1)C1CC2CCC1C2.